The van der Waals surface area contributed by atoms with Gasteiger partial charge in [0.15, 0.2) is 0 Å². The Labute approximate surface area is 140 Å². The van der Waals surface area contributed by atoms with E-state index in [0.717, 1.165) is 43.9 Å². The lowest BCUT2D eigenvalue weighted by Crippen LogP contribution is -2.44. The molecule has 0 unspecified atom stereocenters. The number of likely N-dealkylation sites (N-methyl/N-ethyl adjacent to an activating group) is 1. The van der Waals surface area contributed by atoms with Gasteiger partial charge in [-0.1, -0.05) is 0 Å². The number of hydrogen-bond acceptors (Lipinski definition) is 5. The van der Waals surface area contributed by atoms with Crippen LogP contribution in [0.2, 0.25) is 0 Å². The summed E-state index contributed by atoms with van der Waals surface area (Å²) in [5.41, 5.74) is 1.53. The summed E-state index contributed by atoms with van der Waals surface area (Å²) in [7, 11) is 1.86. The van der Waals surface area contributed by atoms with Gasteiger partial charge in [-0.3, -0.25) is 9.88 Å². The van der Waals surface area contributed by atoms with Crippen LogP contribution in [-0.4, -0.2) is 66.3 Å². The molecule has 3 heterocycles. The maximum absolute atomic E-state index is 6.14. The monoisotopic (exact) mass is 317 g/mol. The number of aromatic nitrogens is 1. The second-order valence-electron chi connectivity index (χ2n) is 7.75. The molecular formula is C17H28BN3O2. The van der Waals surface area contributed by atoms with Crippen LogP contribution in [0, 0.1) is 0 Å². The lowest BCUT2D eigenvalue weighted by atomic mass is 9.79. The number of pyridine rings is 1. The van der Waals surface area contributed by atoms with E-state index in [9.17, 15) is 0 Å². The maximum atomic E-state index is 6.14. The topological polar surface area (TPSA) is 37.8 Å². The van der Waals surface area contributed by atoms with Crippen LogP contribution in [0.5, 0.6) is 0 Å². The summed E-state index contributed by atoms with van der Waals surface area (Å²) in [5, 5.41) is 0. The van der Waals surface area contributed by atoms with Crippen LogP contribution in [0.15, 0.2) is 18.3 Å². The lowest BCUT2D eigenvalue weighted by molar-refractivity contribution is 0.00578. The third-order valence-electron chi connectivity index (χ3n) is 5.35. The summed E-state index contributed by atoms with van der Waals surface area (Å²) >= 11 is 0. The third-order valence-corrected chi connectivity index (χ3v) is 5.35. The van der Waals surface area contributed by atoms with E-state index in [2.05, 4.69) is 55.6 Å². The van der Waals surface area contributed by atoms with Gasteiger partial charge in [-0.2, -0.15) is 0 Å². The zero-order chi connectivity index (χ0) is 16.7. The highest BCUT2D eigenvalue weighted by Gasteiger charge is 2.51. The van der Waals surface area contributed by atoms with Gasteiger partial charge >= 0.3 is 7.12 Å². The average molecular weight is 317 g/mol. The van der Waals surface area contributed by atoms with Gasteiger partial charge in [0.2, 0.25) is 0 Å². The molecule has 5 nitrogen and oxygen atoms in total. The fourth-order valence-corrected chi connectivity index (χ4v) is 2.94. The van der Waals surface area contributed by atoms with Crippen molar-refractivity contribution in [3.05, 3.63) is 24.0 Å². The normalized spacial score (nSPS) is 25.0. The summed E-state index contributed by atoms with van der Waals surface area (Å²) in [6, 6.07) is 4.12. The number of hydrogen-bond donors (Lipinski definition) is 0. The third kappa shape index (κ3) is 3.60. The molecule has 6 heteroatoms. The Morgan fingerprint density at radius 1 is 1.09 bits per heavy atom. The van der Waals surface area contributed by atoms with Gasteiger partial charge in [-0.25, -0.2) is 0 Å². The van der Waals surface area contributed by atoms with Crippen LogP contribution < -0.4 is 5.46 Å². The van der Waals surface area contributed by atoms with Crippen molar-refractivity contribution in [1.29, 1.82) is 0 Å². The zero-order valence-electron chi connectivity index (χ0n) is 15.0. The van der Waals surface area contributed by atoms with E-state index >= 15 is 0 Å². The second-order valence-corrected chi connectivity index (χ2v) is 7.75. The Bertz CT molecular complexity index is 541. The predicted molar refractivity (Wildman–Crippen MR) is 92.7 cm³/mol. The van der Waals surface area contributed by atoms with Crippen molar-refractivity contribution >= 4 is 12.6 Å². The molecule has 126 valence electrons. The van der Waals surface area contributed by atoms with Gasteiger partial charge in [0.1, 0.15) is 0 Å². The van der Waals surface area contributed by atoms with Crippen molar-refractivity contribution in [1.82, 2.24) is 14.8 Å². The molecule has 23 heavy (non-hydrogen) atoms. The molecule has 1 aromatic heterocycles. The highest BCUT2D eigenvalue weighted by molar-refractivity contribution is 6.62. The van der Waals surface area contributed by atoms with Gasteiger partial charge in [0.25, 0.3) is 0 Å². The first kappa shape index (κ1) is 16.9. The highest BCUT2D eigenvalue weighted by atomic mass is 16.7. The molecule has 0 N–H and O–H groups in total. The van der Waals surface area contributed by atoms with Gasteiger partial charge < -0.3 is 14.2 Å². The smallest absolute Gasteiger partial charge is 0.399 e. The summed E-state index contributed by atoms with van der Waals surface area (Å²) < 4.78 is 12.3. The van der Waals surface area contributed by atoms with Crippen molar-refractivity contribution in [2.75, 3.05) is 33.2 Å². The quantitative estimate of drug-likeness (QED) is 0.782. The summed E-state index contributed by atoms with van der Waals surface area (Å²) in [6.45, 7) is 13.7. The van der Waals surface area contributed by atoms with Crippen molar-refractivity contribution in [3.63, 3.8) is 0 Å². The van der Waals surface area contributed by atoms with Crippen molar-refractivity contribution in [2.24, 2.45) is 0 Å². The average Bonchev–Trinajstić information content (AvgIpc) is 2.70. The summed E-state index contributed by atoms with van der Waals surface area (Å²) in [6.07, 6.45) is 1.87. The van der Waals surface area contributed by atoms with E-state index in [-0.39, 0.29) is 18.3 Å². The highest BCUT2D eigenvalue weighted by Crippen LogP contribution is 2.36. The first-order chi connectivity index (χ1) is 10.8. The molecule has 0 radical (unpaired) electrons. The molecule has 0 amide bonds. The first-order valence-electron chi connectivity index (χ1n) is 8.48. The Kier molecular flexibility index (Phi) is 4.53. The fourth-order valence-electron chi connectivity index (χ4n) is 2.94. The number of rotatable bonds is 3. The molecule has 1 aromatic rings. The maximum Gasteiger partial charge on any atom is 0.494 e. The Morgan fingerprint density at radius 3 is 2.30 bits per heavy atom. The molecule has 0 atom stereocenters. The molecule has 0 aliphatic carbocycles. The van der Waals surface area contributed by atoms with E-state index in [1.807, 2.05) is 12.3 Å². The molecule has 2 aliphatic heterocycles. The fraction of sp³-hybridized carbons (Fsp3) is 0.706. The molecule has 0 spiro atoms. The number of nitrogens with zero attached hydrogens (tertiary/aromatic N) is 3. The molecule has 3 rings (SSSR count). The van der Waals surface area contributed by atoms with E-state index in [1.165, 1.54) is 0 Å². The molecule has 2 saturated heterocycles. The van der Waals surface area contributed by atoms with Crippen molar-refractivity contribution in [3.8, 4) is 0 Å². The minimum absolute atomic E-state index is 0.307. The van der Waals surface area contributed by atoms with Gasteiger partial charge in [-0.15, -0.1) is 0 Å². The lowest BCUT2D eigenvalue weighted by Gasteiger charge is -2.32. The zero-order valence-corrected chi connectivity index (χ0v) is 15.0. The van der Waals surface area contributed by atoms with E-state index in [4.69, 9.17) is 9.31 Å². The molecule has 0 bridgehead atoms. The van der Waals surface area contributed by atoms with Gasteiger partial charge in [-0.05, 0) is 52.3 Å². The Morgan fingerprint density at radius 2 is 1.70 bits per heavy atom. The van der Waals surface area contributed by atoms with Gasteiger partial charge in [0.05, 0.1) is 16.9 Å². The van der Waals surface area contributed by atoms with Gasteiger partial charge in [0, 0.05) is 38.9 Å². The standard InChI is InChI=1S/C17H28BN3O2/c1-16(2)17(3,4)23-18(22-16)14-6-7-19-15(12-14)13-21-10-8-20(5)9-11-21/h6-7,12H,8-11,13H2,1-5H3. The van der Waals surface area contributed by atoms with Crippen LogP contribution in [0.3, 0.4) is 0 Å². The largest absolute Gasteiger partial charge is 0.494 e. The SMILES string of the molecule is CN1CCN(Cc2cc(B3OC(C)(C)C(C)(C)O3)ccn2)CC1. The van der Waals surface area contributed by atoms with Crippen LogP contribution in [0.25, 0.3) is 0 Å². The van der Waals surface area contributed by atoms with E-state index < -0.39 is 0 Å². The molecule has 0 aromatic carbocycles. The minimum Gasteiger partial charge on any atom is -0.399 e. The summed E-state index contributed by atoms with van der Waals surface area (Å²) in [5.74, 6) is 0. The van der Waals surface area contributed by atoms with E-state index in [0.29, 0.717) is 0 Å². The predicted octanol–water partition coefficient (Wildman–Crippen LogP) is 1.13. The first-order valence-corrected chi connectivity index (χ1v) is 8.48. The van der Waals surface area contributed by atoms with Crippen LogP contribution in [0.4, 0.5) is 0 Å². The van der Waals surface area contributed by atoms with Crippen LogP contribution in [0.1, 0.15) is 33.4 Å². The van der Waals surface area contributed by atoms with Crippen LogP contribution in [-0.2, 0) is 15.9 Å². The summed E-state index contributed by atoms with van der Waals surface area (Å²) in [4.78, 5) is 9.35. The van der Waals surface area contributed by atoms with E-state index in [1.54, 1.807) is 0 Å². The van der Waals surface area contributed by atoms with Crippen LogP contribution >= 0.6 is 0 Å². The molecule has 2 fully saturated rings. The Balaban J connectivity index is 1.69. The number of piperazine rings is 1. The van der Waals surface area contributed by atoms with Crippen molar-refractivity contribution < 1.29 is 9.31 Å². The minimum atomic E-state index is -0.311. The second kappa shape index (κ2) is 6.17. The molecule has 0 saturated carbocycles. The van der Waals surface area contributed by atoms with Crippen molar-refractivity contribution in [2.45, 2.75) is 45.4 Å². The molecular weight excluding hydrogens is 289 g/mol. The molecule has 2 aliphatic rings. The Hall–Kier alpha value is -0.945.